The zero-order valence-electron chi connectivity index (χ0n) is 32.5. The molecule has 274 valence electrons. The number of aryl methyl sites for hydroxylation is 2. The minimum absolute atomic E-state index is 1.13. The molecule has 0 heterocycles. The van der Waals surface area contributed by atoms with Crippen LogP contribution in [0.25, 0.3) is 64.6 Å². The summed E-state index contributed by atoms with van der Waals surface area (Å²) in [6.45, 7) is 4.57. The molecule has 2 nitrogen and oxygen atoms in total. The largest absolute Gasteiger partial charge is 0.310 e. The van der Waals surface area contributed by atoms with E-state index in [0.29, 0.717) is 0 Å². The summed E-state index contributed by atoms with van der Waals surface area (Å²) in [5, 5.41) is 14.9. The van der Waals surface area contributed by atoms with Crippen LogP contribution in [0.5, 0.6) is 0 Å². The Hall–Kier alpha value is -7.42. The van der Waals surface area contributed by atoms with Crippen molar-refractivity contribution in [3.05, 3.63) is 217 Å². The first kappa shape index (κ1) is 33.9. The van der Waals surface area contributed by atoms with Gasteiger partial charge in [-0.1, -0.05) is 133 Å². The Labute approximate surface area is 338 Å². The first-order valence-electron chi connectivity index (χ1n) is 20.1. The Morgan fingerprint density at radius 2 is 0.466 bits per heavy atom. The molecule has 0 saturated heterocycles. The molecule has 0 aliphatic rings. The van der Waals surface area contributed by atoms with Crippen molar-refractivity contribution >= 4 is 98.8 Å². The third-order valence-electron chi connectivity index (χ3n) is 12.1. The molecular formula is C56H40N2. The second-order valence-electron chi connectivity index (χ2n) is 15.5. The summed E-state index contributed by atoms with van der Waals surface area (Å²) in [4.78, 5) is 4.82. The highest BCUT2D eigenvalue weighted by molar-refractivity contribution is 6.08. The zero-order valence-corrected chi connectivity index (χ0v) is 32.5. The number of fused-ring (bicyclic) bond motifs is 6. The Morgan fingerprint density at radius 3 is 0.759 bits per heavy atom. The van der Waals surface area contributed by atoms with Gasteiger partial charge in [0.15, 0.2) is 0 Å². The van der Waals surface area contributed by atoms with Crippen LogP contribution in [0.3, 0.4) is 0 Å². The van der Waals surface area contributed by atoms with Crippen LogP contribution in [0.15, 0.2) is 206 Å². The van der Waals surface area contributed by atoms with Gasteiger partial charge in [0.2, 0.25) is 0 Å². The first-order valence-corrected chi connectivity index (χ1v) is 20.1. The van der Waals surface area contributed by atoms with E-state index in [1.54, 1.807) is 0 Å². The molecule has 0 fully saturated rings. The number of benzene rings is 11. The van der Waals surface area contributed by atoms with Crippen molar-refractivity contribution in [2.24, 2.45) is 0 Å². The molecule has 0 bridgehead atoms. The smallest absolute Gasteiger partial charge is 0.0468 e. The number of rotatable bonds is 6. The molecule has 58 heavy (non-hydrogen) atoms. The molecule has 0 aromatic heterocycles. The lowest BCUT2D eigenvalue weighted by Crippen LogP contribution is -2.10. The topological polar surface area (TPSA) is 6.48 Å². The third kappa shape index (κ3) is 5.73. The summed E-state index contributed by atoms with van der Waals surface area (Å²) in [5.41, 5.74) is 9.37. The zero-order chi connectivity index (χ0) is 38.7. The number of nitrogens with zero attached hydrogens (tertiary/aromatic N) is 2. The van der Waals surface area contributed by atoms with Crippen LogP contribution in [0.1, 0.15) is 11.1 Å². The third-order valence-corrected chi connectivity index (χ3v) is 12.1. The standard InChI is InChI=1S/C56H40N2/c1-37-53-29-27-52(58(49-25-21-41-13-5-9-17-45(41)33-49)50-26-22-42-14-6-10-18-46(42)34-50)36-56(53)38(2)54-30-28-51(35-55(37)54)57(47-23-19-39-11-3-7-15-43(39)31-47)48-24-20-40-12-4-8-16-44(40)32-48/h3-36H,1-2H3. The van der Waals surface area contributed by atoms with Gasteiger partial charge in [0, 0.05) is 34.1 Å². The SMILES string of the molecule is Cc1c2ccc(N(c3ccc4ccccc4c3)c3ccc4ccccc4c3)cc2c(C)c2ccc(N(c3ccc4ccccc4c3)c3ccc4ccccc4c3)cc12. The fourth-order valence-corrected chi connectivity index (χ4v) is 9.06. The molecule has 0 aliphatic heterocycles. The molecule has 0 radical (unpaired) electrons. The van der Waals surface area contributed by atoms with Gasteiger partial charge in [-0.05, 0) is 162 Å². The quantitative estimate of drug-likeness (QED) is 0.157. The maximum Gasteiger partial charge on any atom is 0.0468 e. The van der Waals surface area contributed by atoms with Crippen molar-refractivity contribution in [1.29, 1.82) is 0 Å². The van der Waals surface area contributed by atoms with Crippen LogP contribution in [-0.4, -0.2) is 0 Å². The van der Waals surface area contributed by atoms with E-state index in [1.807, 2.05) is 0 Å². The number of anilines is 6. The maximum atomic E-state index is 2.41. The molecule has 11 rings (SSSR count). The summed E-state index contributed by atoms with van der Waals surface area (Å²) in [5.74, 6) is 0. The molecule has 0 N–H and O–H groups in total. The van der Waals surface area contributed by atoms with Crippen molar-refractivity contribution in [2.75, 3.05) is 9.80 Å². The van der Waals surface area contributed by atoms with Crippen LogP contribution in [0, 0.1) is 13.8 Å². The van der Waals surface area contributed by atoms with Crippen molar-refractivity contribution in [3.63, 3.8) is 0 Å². The van der Waals surface area contributed by atoms with Crippen molar-refractivity contribution in [1.82, 2.24) is 0 Å². The molecular weight excluding hydrogens is 701 g/mol. The van der Waals surface area contributed by atoms with Crippen LogP contribution in [0.2, 0.25) is 0 Å². The van der Waals surface area contributed by atoms with Gasteiger partial charge in [-0.3, -0.25) is 0 Å². The van der Waals surface area contributed by atoms with Crippen LogP contribution >= 0.6 is 0 Å². The van der Waals surface area contributed by atoms with E-state index in [1.165, 1.54) is 75.8 Å². The molecule has 0 aliphatic carbocycles. The molecule has 0 amide bonds. The lowest BCUT2D eigenvalue weighted by molar-refractivity contribution is 1.29. The molecule has 2 heteroatoms. The maximum absolute atomic E-state index is 2.41. The van der Waals surface area contributed by atoms with Gasteiger partial charge in [0.25, 0.3) is 0 Å². The average molecular weight is 741 g/mol. The van der Waals surface area contributed by atoms with Crippen LogP contribution < -0.4 is 9.80 Å². The Morgan fingerprint density at radius 1 is 0.224 bits per heavy atom. The van der Waals surface area contributed by atoms with Crippen molar-refractivity contribution < 1.29 is 0 Å². The van der Waals surface area contributed by atoms with E-state index in [0.717, 1.165) is 34.1 Å². The Bertz CT molecular complexity index is 3010. The summed E-state index contributed by atoms with van der Waals surface area (Å²) >= 11 is 0. The molecule has 0 spiro atoms. The second kappa shape index (κ2) is 13.7. The minimum Gasteiger partial charge on any atom is -0.310 e. The highest BCUT2D eigenvalue weighted by Gasteiger charge is 2.19. The van der Waals surface area contributed by atoms with Gasteiger partial charge >= 0.3 is 0 Å². The highest BCUT2D eigenvalue weighted by Crippen LogP contribution is 2.44. The van der Waals surface area contributed by atoms with E-state index < -0.39 is 0 Å². The summed E-state index contributed by atoms with van der Waals surface area (Å²) < 4.78 is 0. The Kier molecular flexibility index (Phi) is 7.97. The summed E-state index contributed by atoms with van der Waals surface area (Å²) in [7, 11) is 0. The van der Waals surface area contributed by atoms with E-state index in [2.05, 4.69) is 230 Å². The van der Waals surface area contributed by atoms with Gasteiger partial charge in [-0.15, -0.1) is 0 Å². The van der Waals surface area contributed by atoms with Gasteiger partial charge < -0.3 is 9.80 Å². The lowest BCUT2D eigenvalue weighted by Gasteiger charge is -2.28. The predicted octanol–water partition coefficient (Wildman–Crippen LogP) is 16.2. The van der Waals surface area contributed by atoms with E-state index in [4.69, 9.17) is 0 Å². The summed E-state index contributed by atoms with van der Waals surface area (Å²) in [6, 6.07) is 75.7. The van der Waals surface area contributed by atoms with E-state index in [9.17, 15) is 0 Å². The normalized spacial score (nSPS) is 11.6. The molecule has 11 aromatic rings. The van der Waals surface area contributed by atoms with Crippen LogP contribution in [-0.2, 0) is 0 Å². The molecule has 11 aromatic carbocycles. The lowest BCUT2D eigenvalue weighted by atomic mass is 9.92. The fraction of sp³-hybridized carbons (Fsp3) is 0.0357. The van der Waals surface area contributed by atoms with E-state index >= 15 is 0 Å². The summed E-state index contributed by atoms with van der Waals surface area (Å²) in [6.07, 6.45) is 0. The number of hydrogen-bond acceptors (Lipinski definition) is 2. The van der Waals surface area contributed by atoms with Gasteiger partial charge in [0.1, 0.15) is 0 Å². The Balaban J connectivity index is 1.08. The molecule has 0 saturated carbocycles. The monoisotopic (exact) mass is 740 g/mol. The fourth-order valence-electron chi connectivity index (χ4n) is 9.06. The first-order chi connectivity index (χ1) is 28.6. The van der Waals surface area contributed by atoms with Gasteiger partial charge in [0.05, 0.1) is 0 Å². The van der Waals surface area contributed by atoms with Gasteiger partial charge in [-0.25, -0.2) is 0 Å². The van der Waals surface area contributed by atoms with Crippen LogP contribution in [0.4, 0.5) is 34.1 Å². The van der Waals surface area contributed by atoms with Crippen molar-refractivity contribution in [2.45, 2.75) is 13.8 Å². The second-order valence-corrected chi connectivity index (χ2v) is 15.5. The highest BCUT2D eigenvalue weighted by atomic mass is 15.1. The molecule has 0 unspecified atom stereocenters. The minimum atomic E-state index is 1.13. The number of hydrogen-bond donors (Lipinski definition) is 0. The van der Waals surface area contributed by atoms with E-state index in [-0.39, 0.29) is 0 Å². The predicted molar refractivity (Wildman–Crippen MR) is 250 cm³/mol. The van der Waals surface area contributed by atoms with Gasteiger partial charge in [-0.2, -0.15) is 0 Å². The average Bonchev–Trinajstić information content (AvgIpc) is 3.28. The molecule has 0 atom stereocenters. The van der Waals surface area contributed by atoms with Crippen molar-refractivity contribution in [3.8, 4) is 0 Å².